The van der Waals surface area contributed by atoms with E-state index in [1.807, 2.05) is 6.92 Å². The normalized spacial score (nSPS) is 10.9. The topological polar surface area (TPSA) is 98.6 Å². The lowest BCUT2D eigenvalue weighted by molar-refractivity contribution is 0.0674. The van der Waals surface area contributed by atoms with Crippen LogP contribution in [0.4, 0.5) is 0 Å². The second-order valence-corrected chi connectivity index (χ2v) is 4.17. The predicted molar refractivity (Wildman–Crippen MR) is 62.7 cm³/mol. The van der Waals surface area contributed by atoms with Crippen LogP contribution in [-0.2, 0) is 18.0 Å². The Morgan fingerprint density at radius 3 is 2.26 bits per heavy atom. The zero-order chi connectivity index (χ0) is 14.0. The van der Waals surface area contributed by atoms with Gasteiger partial charge in [-0.1, -0.05) is 10.3 Å². The number of carboxylic acid groups (broad SMARTS) is 1. The van der Waals surface area contributed by atoms with Crippen molar-refractivity contribution in [2.45, 2.75) is 34.0 Å². The molecule has 0 fully saturated rings. The van der Waals surface area contributed by atoms with Gasteiger partial charge in [0.2, 0.25) is 0 Å². The molecule has 0 bridgehead atoms. The minimum atomic E-state index is -1.13. The molecule has 0 radical (unpaired) electrons. The smallest absolute Gasteiger partial charge is 0.358 e. The Hall–Kier alpha value is -2.15. The summed E-state index contributed by atoms with van der Waals surface area (Å²) in [7, 11) is 0. The van der Waals surface area contributed by atoms with Crippen LogP contribution in [0.5, 0.6) is 0 Å². The van der Waals surface area contributed by atoms with E-state index in [2.05, 4.69) is 10.3 Å². The number of hydrogen-bond acceptors (Lipinski definition) is 6. The van der Waals surface area contributed by atoms with Crippen LogP contribution < -0.4 is 0 Å². The monoisotopic (exact) mass is 266 g/mol. The molecule has 0 aliphatic rings. The molecule has 7 heteroatoms. The van der Waals surface area contributed by atoms with Gasteiger partial charge >= 0.3 is 5.97 Å². The number of carbonyl (C=O) groups is 1. The molecule has 2 aromatic rings. The highest BCUT2D eigenvalue weighted by atomic mass is 16.5. The van der Waals surface area contributed by atoms with Crippen LogP contribution in [0.2, 0.25) is 0 Å². The van der Waals surface area contributed by atoms with E-state index in [1.165, 1.54) is 0 Å². The molecule has 102 valence electrons. The van der Waals surface area contributed by atoms with Gasteiger partial charge in [0.25, 0.3) is 0 Å². The predicted octanol–water partition coefficient (Wildman–Crippen LogP) is 2.00. The number of aromatic nitrogens is 2. The zero-order valence-electron chi connectivity index (χ0n) is 10.9. The van der Waals surface area contributed by atoms with Crippen molar-refractivity contribution in [1.29, 1.82) is 0 Å². The highest BCUT2D eigenvalue weighted by Crippen LogP contribution is 2.18. The average molecular weight is 266 g/mol. The minimum Gasteiger partial charge on any atom is -0.476 e. The van der Waals surface area contributed by atoms with Crippen LogP contribution in [-0.4, -0.2) is 21.4 Å². The van der Waals surface area contributed by atoms with Crippen LogP contribution in [0.15, 0.2) is 9.05 Å². The third kappa shape index (κ3) is 2.65. The van der Waals surface area contributed by atoms with Crippen molar-refractivity contribution in [3.8, 4) is 0 Å². The fourth-order valence-electron chi connectivity index (χ4n) is 1.69. The molecular formula is C12H14N2O5. The quantitative estimate of drug-likeness (QED) is 0.883. The molecule has 0 aliphatic heterocycles. The van der Waals surface area contributed by atoms with Gasteiger partial charge < -0.3 is 18.9 Å². The Labute approximate surface area is 109 Å². The Morgan fingerprint density at radius 1 is 1.11 bits per heavy atom. The van der Waals surface area contributed by atoms with E-state index < -0.39 is 5.97 Å². The second-order valence-electron chi connectivity index (χ2n) is 4.17. The van der Waals surface area contributed by atoms with Gasteiger partial charge in [-0.25, -0.2) is 4.79 Å². The summed E-state index contributed by atoms with van der Waals surface area (Å²) in [6, 6.07) is 0. The van der Waals surface area contributed by atoms with Crippen molar-refractivity contribution in [3.63, 3.8) is 0 Å². The van der Waals surface area contributed by atoms with Gasteiger partial charge in [0.05, 0.1) is 24.5 Å². The van der Waals surface area contributed by atoms with Crippen molar-refractivity contribution >= 4 is 5.97 Å². The molecule has 0 amide bonds. The number of aryl methyl sites for hydroxylation is 3. The summed E-state index contributed by atoms with van der Waals surface area (Å²) in [4.78, 5) is 10.9. The first-order valence-electron chi connectivity index (χ1n) is 5.68. The Balaban J connectivity index is 2.04. The Kier molecular flexibility index (Phi) is 3.66. The van der Waals surface area contributed by atoms with Gasteiger partial charge in [0.1, 0.15) is 11.5 Å². The van der Waals surface area contributed by atoms with Crippen molar-refractivity contribution in [2.75, 3.05) is 0 Å². The van der Waals surface area contributed by atoms with E-state index in [0.717, 1.165) is 11.3 Å². The fraction of sp³-hybridized carbons (Fsp3) is 0.417. The van der Waals surface area contributed by atoms with Gasteiger partial charge in [0, 0.05) is 5.56 Å². The molecule has 0 spiro atoms. The molecule has 19 heavy (non-hydrogen) atoms. The summed E-state index contributed by atoms with van der Waals surface area (Å²) >= 11 is 0. The van der Waals surface area contributed by atoms with Gasteiger partial charge in [-0.15, -0.1) is 0 Å². The number of aromatic carboxylic acids is 1. The molecule has 0 saturated carbocycles. The van der Waals surface area contributed by atoms with Crippen molar-refractivity contribution in [1.82, 2.24) is 10.3 Å². The lowest BCUT2D eigenvalue weighted by Gasteiger charge is -2.03. The summed E-state index contributed by atoms with van der Waals surface area (Å²) in [5, 5.41) is 16.2. The maximum atomic E-state index is 10.9. The van der Waals surface area contributed by atoms with E-state index in [-0.39, 0.29) is 12.3 Å². The first-order chi connectivity index (χ1) is 9.00. The molecule has 2 rings (SSSR count). The first-order valence-corrected chi connectivity index (χ1v) is 5.68. The maximum absolute atomic E-state index is 10.9. The lowest BCUT2D eigenvalue weighted by Crippen LogP contribution is -2.04. The van der Waals surface area contributed by atoms with Crippen LogP contribution in [0.3, 0.4) is 0 Å². The largest absolute Gasteiger partial charge is 0.476 e. The molecule has 0 atom stereocenters. The maximum Gasteiger partial charge on any atom is 0.358 e. The molecule has 1 N–H and O–H groups in total. The summed E-state index contributed by atoms with van der Waals surface area (Å²) in [6.45, 7) is 5.68. The number of nitrogens with zero attached hydrogens (tertiary/aromatic N) is 2. The van der Waals surface area contributed by atoms with Gasteiger partial charge in [-0.3, -0.25) is 0 Å². The summed E-state index contributed by atoms with van der Waals surface area (Å²) in [5.41, 5.74) is 1.96. The third-order valence-corrected chi connectivity index (χ3v) is 2.86. The Bertz CT molecular complexity index is 580. The average Bonchev–Trinajstić information content (AvgIpc) is 2.87. The molecular weight excluding hydrogens is 252 g/mol. The van der Waals surface area contributed by atoms with Crippen LogP contribution in [0.1, 0.15) is 38.8 Å². The van der Waals surface area contributed by atoms with E-state index in [4.69, 9.17) is 18.9 Å². The van der Waals surface area contributed by atoms with Crippen LogP contribution >= 0.6 is 0 Å². The number of carboxylic acids is 1. The molecule has 7 nitrogen and oxygen atoms in total. The second kappa shape index (κ2) is 5.23. The highest BCUT2D eigenvalue weighted by molar-refractivity contribution is 5.87. The number of hydrogen-bond donors (Lipinski definition) is 1. The van der Waals surface area contributed by atoms with E-state index in [0.29, 0.717) is 23.7 Å². The summed E-state index contributed by atoms with van der Waals surface area (Å²) in [6.07, 6.45) is 0. The zero-order valence-corrected chi connectivity index (χ0v) is 10.9. The molecule has 2 aromatic heterocycles. The molecule has 2 heterocycles. The molecule has 0 aliphatic carbocycles. The summed E-state index contributed by atoms with van der Waals surface area (Å²) < 4.78 is 15.4. The minimum absolute atomic E-state index is 0.112. The van der Waals surface area contributed by atoms with E-state index in [9.17, 15) is 4.79 Å². The molecule has 0 aromatic carbocycles. The van der Waals surface area contributed by atoms with Gasteiger partial charge in [0.15, 0.2) is 5.69 Å². The molecule has 0 saturated heterocycles. The lowest BCUT2D eigenvalue weighted by atomic mass is 10.2. The fourth-order valence-corrected chi connectivity index (χ4v) is 1.69. The van der Waals surface area contributed by atoms with Crippen molar-refractivity contribution in [2.24, 2.45) is 0 Å². The molecule has 0 unspecified atom stereocenters. The van der Waals surface area contributed by atoms with Crippen LogP contribution in [0.25, 0.3) is 0 Å². The van der Waals surface area contributed by atoms with E-state index >= 15 is 0 Å². The Morgan fingerprint density at radius 2 is 1.68 bits per heavy atom. The highest BCUT2D eigenvalue weighted by Gasteiger charge is 2.19. The number of ether oxygens (including phenoxy) is 1. The van der Waals surface area contributed by atoms with Crippen LogP contribution in [0, 0.1) is 20.8 Å². The standard InChI is InChI=1S/C12H14N2O5/c1-6-9(7(2)18-13-6)4-17-5-10-8(3)19-14-11(10)12(15)16/h4-5H2,1-3H3,(H,15,16). The van der Waals surface area contributed by atoms with Crippen molar-refractivity contribution < 1.29 is 23.7 Å². The van der Waals surface area contributed by atoms with Gasteiger partial charge in [-0.2, -0.15) is 0 Å². The number of rotatable bonds is 5. The first kappa shape index (κ1) is 13.3. The third-order valence-electron chi connectivity index (χ3n) is 2.86. The summed E-state index contributed by atoms with van der Waals surface area (Å²) in [5.74, 6) is 0.00181. The van der Waals surface area contributed by atoms with E-state index in [1.54, 1.807) is 13.8 Å². The SMILES string of the molecule is Cc1noc(C)c1COCc1c(C(=O)O)noc1C. The van der Waals surface area contributed by atoms with Gasteiger partial charge in [-0.05, 0) is 20.8 Å². The van der Waals surface area contributed by atoms with Crippen molar-refractivity contribution in [3.05, 3.63) is 34.0 Å².